The van der Waals surface area contributed by atoms with Gasteiger partial charge in [-0.2, -0.15) is 0 Å². The molecule has 2 aliphatic heterocycles. The molecule has 4 atom stereocenters. The Kier molecular flexibility index (Phi) is 4.36. The third-order valence-corrected chi connectivity index (χ3v) is 7.42. The van der Waals surface area contributed by atoms with Gasteiger partial charge in [0.05, 0.1) is 22.2 Å². The number of carboxylic acid groups (broad SMARTS) is 1. The van der Waals surface area contributed by atoms with Gasteiger partial charge >= 0.3 is 5.97 Å². The second kappa shape index (κ2) is 6.32. The van der Waals surface area contributed by atoms with Crippen LogP contribution in [0.15, 0.2) is 12.1 Å². The van der Waals surface area contributed by atoms with E-state index in [1.807, 2.05) is 0 Å². The summed E-state index contributed by atoms with van der Waals surface area (Å²) in [6.07, 6.45) is 4.72. The fourth-order valence-electron chi connectivity index (χ4n) is 4.80. The molecule has 4 unspecified atom stereocenters. The number of nitrogens with one attached hydrogen (secondary N) is 1. The zero-order valence-corrected chi connectivity index (χ0v) is 16.0. The molecule has 3 heterocycles. The molecular weight excluding hydrogens is 376 g/mol. The highest BCUT2D eigenvalue weighted by Gasteiger charge is 2.67. The molecule has 0 bridgehead atoms. The molecule has 4 rings (SSSR count). The molecule has 1 aromatic rings. The summed E-state index contributed by atoms with van der Waals surface area (Å²) in [6.45, 7) is 1.51. The Hall–Kier alpha value is -1.44. The van der Waals surface area contributed by atoms with Crippen LogP contribution in [0.25, 0.3) is 0 Å². The van der Waals surface area contributed by atoms with Gasteiger partial charge in [-0.3, -0.25) is 24.6 Å². The highest BCUT2D eigenvalue weighted by atomic mass is 35.5. The predicted octanol–water partition coefficient (Wildman–Crippen LogP) is 2.82. The lowest BCUT2D eigenvalue weighted by Gasteiger charge is -2.33. The predicted molar refractivity (Wildman–Crippen MR) is 97.0 cm³/mol. The molecule has 2 saturated heterocycles. The highest BCUT2D eigenvalue weighted by Crippen LogP contribution is 2.51. The summed E-state index contributed by atoms with van der Waals surface area (Å²) in [5.74, 6) is -3.27. The zero-order valence-electron chi connectivity index (χ0n) is 14.4. The van der Waals surface area contributed by atoms with Crippen molar-refractivity contribution < 1.29 is 19.5 Å². The first kappa shape index (κ1) is 17.9. The molecule has 0 radical (unpaired) electrons. The molecule has 2 amide bonds. The molecule has 1 aliphatic carbocycles. The maximum Gasteiger partial charge on any atom is 0.324 e. The van der Waals surface area contributed by atoms with E-state index in [-0.39, 0.29) is 17.9 Å². The fraction of sp³-hybridized carbons (Fsp3) is 0.611. The fourth-order valence-corrected chi connectivity index (χ4v) is 5.96. The minimum Gasteiger partial charge on any atom is -0.480 e. The second-order valence-corrected chi connectivity index (χ2v) is 9.36. The number of amides is 2. The number of aliphatic carboxylic acids is 1. The van der Waals surface area contributed by atoms with Crippen LogP contribution in [0, 0.1) is 11.8 Å². The van der Waals surface area contributed by atoms with Crippen molar-refractivity contribution in [3.63, 3.8) is 0 Å². The van der Waals surface area contributed by atoms with Crippen molar-refractivity contribution in [1.29, 1.82) is 0 Å². The molecule has 26 heavy (non-hydrogen) atoms. The van der Waals surface area contributed by atoms with E-state index in [1.165, 1.54) is 23.2 Å². The van der Waals surface area contributed by atoms with Gasteiger partial charge in [0.2, 0.25) is 11.8 Å². The molecule has 3 fully saturated rings. The molecule has 2 N–H and O–H groups in total. The smallest absolute Gasteiger partial charge is 0.324 e. The Morgan fingerprint density at radius 1 is 1.27 bits per heavy atom. The van der Waals surface area contributed by atoms with E-state index in [9.17, 15) is 19.5 Å². The van der Waals surface area contributed by atoms with Crippen LogP contribution in [0.5, 0.6) is 0 Å². The molecule has 0 spiro atoms. The van der Waals surface area contributed by atoms with Gasteiger partial charge in [0.15, 0.2) is 0 Å². The minimum atomic E-state index is -1.47. The number of carbonyl (C=O) groups is 3. The summed E-state index contributed by atoms with van der Waals surface area (Å²) in [5, 5.41) is 12.9. The quantitative estimate of drug-likeness (QED) is 0.767. The van der Waals surface area contributed by atoms with Gasteiger partial charge in [0.1, 0.15) is 5.54 Å². The summed E-state index contributed by atoms with van der Waals surface area (Å²) in [4.78, 5) is 40.6. The van der Waals surface area contributed by atoms with Crippen LogP contribution < -0.4 is 5.32 Å². The van der Waals surface area contributed by atoms with E-state index in [1.54, 1.807) is 12.1 Å². The number of fused-ring (bicyclic) bond motifs is 1. The first-order chi connectivity index (χ1) is 12.3. The summed E-state index contributed by atoms with van der Waals surface area (Å²) in [5.41, 5.74) is -1.47. The number of hydrogen-bond acceptors (Lipinski definition) is 5. The lowest BCUT2D eigenvalue weighted by molar-refractivity contribution is -0.151. The number of hydrogen-bond donors (Lipinski definition) is 2. The number of nitrogens with zero attached hydrogens (tertiary/aromatic N) is 1. The lowest BCUT2D eigenvalue weighted by atomic mass is 9.81. The summed E-state index contributed by atoms with van der Waals surface area (Å²) >= 11 is 7.36. The second-order valence-electron chi connectivity index (χ2n) is 7.61. The van der Waals surface area contributed by atoms with Crippen molar-refractivity contribution in [2.24, 2.45) is 11.8 Å². The topological polar surface area (TPSA) is 86.7 Å². The number of imide groups is 1. The van der Waals surface area contributed by atoms with Gasteiger partial charge in [-0.25, -0.2) is 0 Å². The maximum absolute atomic E-state index is 13.2. The monoisotopic (exact) mass is 396 g/mol. The Labute approximate surface area is 160 Å². The third kappa shape index (κ3) is 2.52. The number of likely N-dealkylation sites (tertiary alicyclic amines) is 1. The van der Waals surface area contributed by atoms with Crippen LogP contribution in [0.2, 0.25) is 4.34 Å². The standard InChI is InChI=1S/C18H21ClN2O4S/c1-18(17(24)25)13-12(14(20-18)10-7-8-11(19)26-10)15(22)21(16(13)23)9-5-3-2-4-6-9/h7-9,12-14,20H,2-6H2,1H3,(H,24,25). The Balaban J connectivity index is 1.75. The maximum atomic E-state index is 13.2. The average Bonchev–Trinajstić information content (AvgIpc) is 3.24. The van der Waals surface area contributed by atoms with Gasteiger partial charge < -0.3 is 5.11 Å². The molecule has 1 aromatic heterocycles. The molecule has 8 heteroatoms. The van der Waals surface area contributed by atoms with Crippen LogP contribution in [0.1, 0.15) is 49.9 Å². The molecular formula is C18H21ClN2O4S. The summed E-state index contributed by atoms with van der Waals surface area (Å²) in [7, 11) is 0. The number of carbonyl (C=O) groups excluding carboxylic acids is 2. The van der Waals surface area contributed by atoms with Crippen LogP contribution in [-0.2, 0) is 14.4 Å². The SMILES string of the molecule is CC1(C(=O)O)NC(c2ccc(Cl)s2)C2C(=O)N(C3CCCCC3)C(=O)C21. The third-order valence-electron chi connectivity index (χ3n) is 6.11. The van der Waals surface area contributed by atoms with Crippen molar-refractivity contribution in [3.8, 4) is 0 Å². The van der Waals surface area contributed by atoms with Crippen LogP contribution >= 0.6 is 22.9 Å². The first-order valence-electron chi connectivity index (χ1n) is 8.98. The summed E-state index contributed by atoms with van der Waals surface area (Å²) < 4.78 is 0.572. The van der Waals surface area contributed by atoms with E-state index >= 15 is 0 Å². The molecule has 6 nitrogen and oxygen atoms in total. The van der Waals surface area contributed by atoms with Crippen molar-refractivity contribution in [3.05, 3.63) is 21.3 Å². The van der Waals surface area contributed by atoms with Gasteiger partial charge in [0, 0.05) is 10.9 Å². The van der Waals surface area contributed by atoms with Crippen molar-refractivity contribution in [1.82, 2.24) is 10.2 Å². The van der Waals surface area contributed by atoms with E-state index < -0.39 is 29.4 Å². The van der Waals surface area contributed by atoms with Crippen molar-refractivity contribution >= 4 is 40.7 Å². The Bertz CT molecular complexity index is 775. The highest BCUT2D eigenvalue weighted by molar-refractivity contribution is 7.16. The zero-order chi connectivity index (χ0) is 18.6. The van der Waals surface area contributed by atoms with E-state index in [4.69, 9.17) is 11.6 Å². The molecule has 0 aromatic carbocycles. The van der Waals surface area contributed by atoms with Crippen LogP contribution in [0.3, 0.4) is 0 Å². The molecule has 1 saturated carbocycles. The number of carboxylic acids is 1. The summed E-state index contributed by atoms with van der Waals surface area (Å²) in [6, 6.07) is 2.93. The van der Waals surface area contributed by atoms with E-state index in [0.29, 0.717) is 4.34 Å². The van der Waals surface area contributed by atoms with Crippen molar-refractivity contribution in [2.45, 2.75) is 56.7 Å². The number of halogens is 1. The van der Waals surface area contributed by atoms with Crippen LogP contribution in [-0.4, -0.2) is 39.4 Å². The van der Waals surface area contributed by atoms with Gasteiger partial charge in [-0.05, 0) is 31.9 Å². The number of rotatable bonds is 3. The van der Waals surface area contributed by atoms with Gasteiger partial charge in [0.25, 0.3) is 0 Å². The normalized spacial score (nSPS) is 35.2. The van der Waals surface area contributed by atoms with Crippen LogP contribution in [0.4, 0.5) is 0 Å². The Morgan fingerprint density at radius 3 is 2.54 bits per heavy atom. The van der Waals surface area contributed by atoms with Gasteiger partial charge in [-0.1, -0.05) is 30.9 Å². The largest absolute Gasteiger partial charge is 0.480 e. The van der Waals surface area contributed by atoms with Gasteiger partial charge in [-0.15, -0.1) is 11.3 Å². The van der Waals surface area contributed by atoms with E-state index in [2.05, 4.69) is 5.32 Å². The van der Waals surface area contributed by atoms with Crippen molar-refractivity contribution in [2.75, 3.05) is 0 Å². The number of thiophene rings is 1. The average molecular weight is 397 g/mol. The van der Waals surface area contributed by atoms with E-state index in [0.717, 1.165) is 37.0 Å². The molecule has 3 aliphatic rings. The Morgan fingerprint density at radius 2 is 1.96 bits per heavy atom. The lowest BCUT2D eigenvalue weighted by Crippen LogP contribution is -2.54. The first-order valence-corrected chi connectivity index (χ1v) is 10.2. The minimum absolute atomic E-state index is 0.0973. The molecule has 140 valence electrons.